The maximum absolute atomic E-state index is 13.0. The number of esters is 1. The van der Waals surface area contributed by atoms with Crippen LogP contribution in [-0.4, -0.2) is 17.8 Å². The summed E-state index contributed by atoms with van der Waals surface area (Å²) < 4.78 is 5.36. The third-order valence-electron chi connectivity index (χ3n) is 6.31. The van der Waals surface area contributed by atoms with Gasteiger partial charge in [0, 0.05) is 0 Å². The molecule has 0 spiro atoms. The quantitative estimate of drug-likeness (QED) is 0.446. The van der Waals surface area contributed by atoms with Crippen molar-refractivity contribution in [1.82, 2.24) is 0 Å². The van der Waals surface area contributed by atoms with Crippen LogP contribution in [0.2, 0.25) is 5.02 Å². The molecule has 2 saturated carbocycles. The summed E-state index contributed by atoms with van der Waals surface area (Å²) in [5, 5.41) is 0.334. The Morgan fingerprint density at radius 3 is 2.32 bits per heavy atom. The first-order valence-corrected chi connectivity index (χ1v) is 9.87. The Morgan fingerprint density at radius 2 is 1.64 bits per heavy atom. The largest absolute Gasteiger partial charge is 0.421 e. The standard InChI is InChI=1S/C22H18ClNO4/c23-16-6-1-2-7-17(16)28-22(27)14-4-3-5-15(11-14)24-20(25)18-12-8-9-13(10-12)19(18)21(24)26/h1-7,11-13,18-19H,8-10H2/t12-,13-,18-,19+/m1/s1. The van der Waals surface area contributed by atoms with Gasteiger partial charge in [0.05, 0.1) is 28.1 Å². The molecular formula is C22H18ClNO4. The van der Waals surface area contributed by atoms with Gasteiger partial charge in [0.2, 0.25) is 11.8 Å². The van der Waals surface area contributed by atoms with Gasteiger partial charge >= 0.3 is 5.97 Å². The van der Waals surface area contributed by atoms with E-state index in [4.69, 9.17) is 16.3 Å². The molecule has 5 nitrogen and oxygen atoms in total. The zero-order valence-electron chi connectivity index (χ0n) is 15.0. The van der Waals surface area contributed by atoms with Gasteiger partial charge in [-0.3, -0.25) is 14.5 Å². The Labute approximate surface area is 167 Å². The molecule has 5 rings (SSSR count). The van der Waals surface area contributed by atoms with Gasteiger partial charge in [-0.15, -0.1) is 0 Å². The number of benzene rings is 2. The molecule has 1 saturated heterocycles. The number of anilines is 1. The molecule has 4 atom stereocenters. The predicted octanol–water partition coefficient (Wildman–Crippen LogP) is 4.09. The second-order valence-corrected chi connectivity index (χ2v) is 8.17. The summed E-state index contributed by atoms with van der Waals surface area (Å²) in [6.45, 7) is 0. The number of fused-ring (bicyclic) bond motifs is 5. The zero-order chi connectivity index (χ0) is 19.4. The monoisotopic (exact) mass is 395 g/mol. The number of amides is 2. The molecule has 142 valence electrons. The van der Waals surface area contributed by atoms with Gasteiger partial charge in [-0.25, -0.2) is 4.79 Å². The number of carbonyl (C=O) groups is 3. The number of imide groups is 1. The molecule has 1 heterocycles. The maximum atomic E-state index is 13.0. The smallest absolute Gasteiger partial charge is 0.343 e. The van der Waals surface area contributed by atoms with Gasteiger partial charge in [0.15, 0.2) is 0 Å². The van der Waals surface area contributed by atoms with Crippen LogP contribution in [0, 0.1) is 23.7 Å². The highest BCUT2D eigenvalue weighted by Crippen LogP contribution is 2.56. The summed E-state index contributed by atoms with van der Waals surface area (Å²) in [5.74, 6) is -0.310. The van der Waals surface area contributed by atoms with Crippen molar-refractivity contribution in [1.29, 1.82) is 0 Å². The highest BCUT2D eigenvalue weighted by atomic mass is 35.5. The topological polar surface area (TPSA) is 63.7 Å². The van der Waals surface area contributed by atoms with E-state index in [2.05, 4.69) is 0 Å². The number of ether oxygens (including phenoxy) is 1. The molecule has 3 aliphatic rings. The van der Waals surface area contributed by atoms with E-state index >= 15 is 0 Å². The predicted molar refractivity (Wildman–Crippen MR) is 103 cm³/mol. The van der Waals surface area contributed by atoms with E-state index < -0.39 is 5.97 Å². The highest BCUT2D eigenvalue weighted by Gasteiger charge is 2.61. The lowest BCUT2D eigenvalue weighted by Crippen LogP contribution is -2.32. The molecule has 1 aliphatic heterocycles. The molecule has 0 unspecified atom stereocenters. The van der Waals surface area contributed by atoms with Crippen LogP contribution in [0.15, 0.2) is 48.5 Å². The number of rotatable bonds is 3. The van der Waals surface area contributed by atoms with E-state index in [-0.39, 0.29) is 35.0 Å². The number of halogens is 1. The molecule has 2 amide bonds. The molecule has 2 aliphatic carbocycles. The Morgan fingerprint density at radius 1 is 0.964 bits per heavy atom. The summed E-state index contributed by atoms with van der Waals surface area (Å²) in [6.07, 6.45) is 3.05. The van der Waals surface area contributed by atoms with Crippen molar-refractivity contribution in [2.24, 2.45) is 23.7 Å². The number of hydrogen-bond donors (Lipinski definition) is 0. The minimum Gasteiger partial charge on any atom is -0.421 e. The summed E-state index contributed by atoms with van der Waals surface area (Å²) in [7, 11) is 0. The van der Waals surface area contributed by atoms with Crippen LogP contribution in [-0.2, 0) is 9.59 Å². The molecule has 2 aromatic carbocycles. The molecule has 0 radical (unpaired) electrons. The van der Waals surface area contributed by atoms with Crippen molar-refractivity contribution in [3.8, 4) is 5.75 Å². The van der Waals surface area contributed by atoms with Gasteiger partial charge in [0.25, 0.3) is 0 Å². The van der Waals surface area contributed by atoms with Crippen molar-refractivity contribution >= 4 is 35.1 Å². The molecule has 3 fully saturated rings. The fourth-order valence-electron chi connectivity index (χ4n) is 5.12. The molecule has 6 heteroatoms. The van der Waals surface area contributed by atoms with E-state index in [9.17, 15) is 14.4 Å². The fraction of sp³-hybridized carbons (Fsp3) is 0.318. The van der Waals surface area contributed by atoms with Crippen LogP contribution in [0.5, 0.6) is 5.75 Å². The van der Waals surface area contributed by atoms with Crippen molar-refractivity contribution in [2.45, 2.75) is 19.3 Å². The van der Waals surface area contributed by atoms with E-state index in [1.165, 1.54) is 11.0 Å². The summed E-state index contributed by atoms with van der Waals surface area (Å²) in [6, 6.07) is 13.2. The van der Waals surface area contributed by atoms with Crippen LogP contribution in [0.1, 0.15) is 29.6 Å². The SMILES string of the molecule is O=C(Oc1ccccc1Cl)c1cccc(N2C(=O)[C@@H]3[C@@H]4CC[C@H](C4)[C@@H]3C2=O)c1. The molecule has 2 bridgehead atoms. The Kier molecular flexibility index (Phi) is 4.02. The average molecular weight is 396 g/mol. The first kappa shape index (κ1) is 17.4. The third kappa shape index (κ3) is 2.57. The number of hydrogen-bond acceptors (Lipinski definition) is 4. The zero-order valence-corrected chi connectivity index (χ0v) is 15.8. The molecule has 28 heavy (non-hydrogen) atoms. The summed E-state index contributed by atoms with van der Waals surface area (Å²) in [5.41, 5.74) is 0.690. The molecular weight excluding hydrogens is 378 g/mol. The first-order chi connectivity index (χ1) is 13.5. The number of nitrogens with zero attached hydrogens (tertiary/aromatic N) is 1. The molecule has 0 aromatic heterocycles. The fourth-order valence-corrected chi connectivity index (χ4v) is 5.30. The van der Waals surface area contributed by atoms with Crippen LogP contribution >= 0.6 is 11.6 Å². The minimum atomic E-state index is -0.589. The maximum Gasteiger partial charge on any atom is 0.343 e. The van der Waals surface area contributed by atoms with Crippen LogP contribution < -0.4 is 9.64 Å². The Hall–Kier alpha value is -2.66. The minimum absolute atomic E-state index is 0.126. The molecule has 2 aromatic rings. The van der Waals surface area contributed by atoms with Crippen LogP contribution in [0.25, 0.3) is 0 Å². The lowest BCUT2D eigenvalue weighted by Gasteiger charge is -2.19. The van der Waals surface area contributed by atoms with Gasteiger partial charge in [-0.1, -0.05) is 29.8 Å². The lowest BCUT2D eigenvalue weighted by atomic mass is 9.81. The lowest BCUT2D eigenvalue weighted by molar-refractivity contribution is -0.123. The van der Waals surface area contributed by atoms with Crippen molar-refractivity contribution in [2.75, 3.05) is 4.90 Å². The van der Waals surface area contributed by atoms with Gasteiger partial charge in [0.1, 0.15) is 5.75 Å². The van der Waals surface area contributed by atoms with E-state index in [1.807, 2.05) is 0 Å². The summed E-state index contributed by atoms with van der Waals surface area (Å²) in [4.78, 5) is 39.8. The summed E-state index contributed by atoms with van der Waals surface area (Å²) >= 11 is 6.04. The van der Waals surface area contributed by atoms with Gasteiger partial charge in [-0.05, 0) is 61.4 Å². The van der Waals surface area contributed by atoms with E-state index in [1.54, 1.807) is 42.5 Å². The second-order valence-electron chi connectivity index (χ2n) is 7.77. The van der Waals surface area contributed by atoms with E-state index in [0.717, 1.165) is 19.3 Å². The normalized spacial score (nSPS) is 28.0. The highest BCUT2D eigenvalue weighted by molar-refractivity contribution is 6.32. The Balaban J connectivity index is 1.42. The van der Waals surface area contributed by atoms with Gasteiger partial charge in [-0.2, -0.15) is 0 Å². The van der Waals surface area contributed by atoms with Crippen molar-refractivity contribution in [3.63, 3.8) is 0 Å². The van der Waals surface area contributed by atoms with E-state index in [0.29, 0.717) is 22.5 Å². The average Bonchev–Trinajstić information content (AvgIpc) is 3.37. The third-order valence-corrected chi connectivity index (χ3v) is 6.62. The number of para-hydroxylation sites is 1. The first-order valence-electron chi connectivity index (χ1n) is 9.49. The van der Waals surface area contributed by atoms with Crippen LogP contribution in [0.4, 0.5) is 5.69 Å². The van der Waals surface area contributed by atoms with Crippen molar-refractivity contribution < 1.29 is 19.1 Å². The van der Waals surface area contributed by atoms with Gasteiger partial charge < -0.3 is 4.74 Å². The molecule has 0 N–H and O–H groups in total. The van der Waals surface area contributed by atoms with Crippen molar-refractivity contribution in [3.05, 3.63) is 59.1 Å². The number of carbonyl (C=O) groups excluding carboxylic acids is 3. The Bertz CT molecular complexity index is 976. The van der Waals surface area contributed by atoms with Crippen LogP contribution in [0.3, 0.4) is 0 Å². The second kappa shape index (κ2) is 6.45.